The summed E-state index contributed by atoms with van der Waals surface area (Å²) in [6.45, 7) is 3.02. The number of benzene rings is 1. The number of nitrogens with zero attached hydrogens (tertiary/aromatic N) is 2. The monoisotopic (exact) mass is 348 g/mol. The van der Waals surface area contributed by atoms with Crippen LogP contribution in [-0.2, 0) is 20.7 Å². The van der Waals surface area contributed by atoms with Gasteiger partial charge in [0.05, 0.1) is 12.6 Å². The first-order chi connectivity index (χ1) is 11.6. The number of cyclic esters (lactones) is 1. The van der Waals surface area contributed by atoms with Crippen LogP contribution in [0.5, 0.6) is 0 Å². The van der Waals surface area contributed by atoms with E-state index in [-0.39, 0.29) is 31.0 Å². The highest BCUT2D eigenvalue weighted by molar-refractivity contribution is 7.80. The van der Waals surface area contributed by atoms with Crippen LogP contribution in [0, 0.1) is 0 Å². The minimum absolute atomic E-state index is 0.0910. The molecule has 2 amide bonds. The molecule has 1 aromatic rings. The van der Waals surface area contributed by atoms with E-state index in [1.54, 1.807) is 0 Å². The van der Waals surface area contributed by atoms with Gasteiger partial charge >= 0.3 is 6.09 Å². The molecule has 0 unspecified atom stereocenters. The lowest BCUT2D eigenvalue weighted by Gasteiger charge is -2.30. The van der Waals surface area contributed by atoms with Gasteiger partial charge in [0, 0.05) is 12.5 Å². The maximum atomic E-state index is 12.3. The van der Waals surface area contributed by atoms with E-state index in [4.69, 9.17) is 21.7 Å². The summed E-state index contributed by atoms with van der Waals surface area (Å²) in [4.78, 5) is 26.9. The summed E-state index contributed by atoms with van der Waals surface area (Å²) in [5.41, 5.74) is 1.20. The Morgan fingerprint density at radius 2 is 2.08 bits per heavy atom. The molecule has 2 aliphatic rings. The normalized spacial score (nSPS) is 21.6. The minimum atomic E-state index is -0.562. The van der Waals surface area contributed by atoms with Crippen molar-refractivity contribution >= 4 is 29.4 Å². The van der Waals surface area contributed by atoms with E-state index < -0.39 is 6.09 Å². The number of hydrogen-bond donors (Lipinski definition) is 0. The minimum Gasteiger partial charge on any atom is -0.469 e. The molecule has 2 fully saturated rings. The molecular formula is C17H20N2O4S. The quantitative estimate of drug-likeness (QED) is 0.759. The SMILES string of the molecule is C[C@@H](CC(=O)N1CCOC1=O)N1C(=S)OC[C@@H]1Cc1ccccc1. The van der Waals surface area contributed by atoms with Gasteiger partial charge < -0.3 is 14.4 Å². The fourth-order valence-corrected chi connectivity index (χ4v) is 3.53. The van der Waals surface area contributed by atoms with E-state index in [0.717, 1.165) is 11.3 Å². The molecule has 3 rings (SSSR count). The van der Waals surface area contributed by atoms with Crippen molar-refractivity contribution in [1.82, 2.24) is 9.80 Å². The third-order valence-corrected chi connectivity index (χ3v) is 4.65. The van der Waals surface area contributed by atoms with E-state index in [0.29, 0.717) is 18.3 Å². The van der Waals surface area contributed by atoms with E-state index in [1.165, 1.54) is 5.56 Å². The van der Waals surface area contributed by atoms with Crippen LogP contribution in [0.2, 0.25) is 0 Å². The number of carbonyl (C=O) groups excluding carboxylic acids is 2. The van der Waals surface area contributed by atoms with Crippen LogP contribution in [0.15, 0.2) is 30.3 Å². The molecule has 0 saturated carbocycles. The Labute approximate surface area is 146 Å². The Balaban J connectivity index is 1.65. The highest BCUT2D eigenvalue weighted by atomic mass is 32.1. The van der Waals surface area contributed by atoms with E-state index in [2.05, 4.69) is 12.1 Å². The van der Waals surface area contributed by atoms with Gasteiger partial charge in [0.25, 0.3) is 5.17 Å². The molecule has 0 aliphatic carbocycles. The Bertz CT molecular complexity index is 637. The molecule has 24 heavy (non-hydrogen) atoms. The van der Waals surface area contributed by atoms with Gasteiger partial charge in [-0.25, -0.2) is 9.69 Å². The smallest absolute Gasteiger partial charge is 0.416 e. The average molecular weight is 348 g/mol. The lowest BCUT2D eigenvalue weighted by molar-refractivity contribution is -0.128. The molecule has 6 nitrogen and oxygen atoms in total. The van der Waals surface area contributed by atoms with Gasteiger partial charge in [-0.1, -0.05) is 30.3 Å². The van der Waals surface area contributed by atoms with E-state index >= 15 is 0 Å². The van der Waals surface area contributed by atoms with Crippen molar-refractivity contribution in [3.05, 3.63) is 35.9 Å². The summed E-state index contributed by atoms with van der Waals surface area (Å²) < 4.78 is 10.4. The maximum Gasteiger partial charge on any atom is 0.416 e. The Kier molecular flexibility index (Phi) is 4.99. The molecule has 7 heteroatoms. The first kappa shape index (κ1) is 16.7. The van der Waals surface area contributed by atoms with Gasteiger partial charge in [0.2, 0.25) is 5.91 Å². The molecule has 0 radical (unpaired) electrons. The zero-order valence-electron chi connectivity index (χ0n) is 13.5. The largest absolute Gasteiger partial charge is 0.469 e. The Morgan fingerprint density at radius 3 is 2.75 bits per heavy atom. The van der Waals surface area contributed by atoms with Crippen molar-refractivity contribution < 1.29 is 19.1 Å². The number of imide groups is 1. The van der Waals surface area contributed by atoms with Crippen LogP contribution >= 0.6 is 12.2 Å². The standard InChI is InChI=1S/C17H20N2O4S/c1-12(9-15(20)18-7-8-22-16(18)21)19-14(11-23-17(19)24)10-13-5-3-2-4-6-13/h2-6,12,14H,7-11H2,1H3/t12-,14-/m0/s1. The number of amides is 2. The van der Waals surface area contributed by atoms with Crippen molar-refractivity contribution in [2.75, 3.05) is 19.8 Å². The molecule has 0 N–H and O–H groups in total. The van der Waals surface area contributed by atoms with Crippen molar-refractivity contribution in [3.63, 3.8) is 0 Å². The van der Waals surface area contributed by atoms with Gasteiger partial charge in [-0.2, -0.15) is 0 Å². The average Bonchev–Trinajstić information content (AvgIpc) is 3.14. The summed E-state index contributed by atoms with van der Waals surface area (Å²) in [7, 11) is 0. The molecule has 1 aromatic carbocycles. The zero-order chi connectivity index (χ0) is 17.1. The summed E-state index contributed by atoms with van der Waals surface area (Å²) in [5.74, 6) is -0.238. The Hall–Kier alpha value is -2.15. The van der Waals surface area contributed by atoms with Gasteiger partial charge in [0.1, 0.15) is 13.2 Å². The predicted octanol–water partition coefficient (Wildman–Crippen LogP) is 1.97. The third-order valence-electron chi connectivity index (χ3n) is 4.32. The molecule has 2 aliphatic heterocycles. The summed E-state index contributed by atoms with van der Waals surface area (Å²) in [6.07, 6.45) is 0.433. The number of rotatable bonds is 5. The van der Waals surface area contributed by atoms with E-state index in [1.807, 2.05) is 30.0 Å². The fourth-order valence-electron chi connectivity index (χ4n) is 3.14. The molecule has 0 aromatic heterocycles. The molecule has 0 bridgehead atoms. The number of carbonyl (C=O) groups is 2. The third kappa shape index (κ3) is 3.51. The fraction of sp³-hybridized carbons (Fsp3) is 0.471. The highest BCUT2D eigenvalue weighted by Gasteiger charge is 2.36. The van der Waals surface area contributed by atoms with Crippen molar-refractivity contribution in [2.24, 2.45) is 0 Å². The van der Waals surface area contributed by atoms with Gasteiger partial charge in [0.15, 0.2) is 0 Å². The van der Waals surface area contributed by atoms with Crippen LogP contribution in [0.3, 0.4) is 0 Å². The van der Waals surface area contributed by atoms with Crippen molar-refractivity contribution in [1.29, 1.82) is 0 Å². The summed E-state index contributed by atoms with van der Waals surface area (Å²) in [5, 5.41) is 0.417. The molecule has 2 heterocycles. The second-order valence-corrected chi connectivity index (χ2v) is 6.39. The Morgan fingerprint density at radius 1 is 1.33 bits per heavy atom. The summed E-state index contributed by atoms with van der Waals surface area (Å²) >= 11 is 5.31. The number of thiocarbonyl (C=S) groups is 1. The van der Waals surface area contributed by atoms with Gasteiger partial charge in [-0.3, -0.25) is 4.79 Å². The number of hydrogen-bond acceptors (Lipinski definition) is 5. The lowest BCUT2D eigenvalue weighted by Crippen LogP contribution is -2.44. The molecule has 0 spiro atoms. The lowest BCUT2D eigenvalue weighted by atomic mass is 10.0. The molecular weight excluding hydrogens is 328 g/mol. The zero-order valence-corrected chi connectivity index (χ0v) is 14.3. The second kappa shape index (κ2) is 7.17. The van der Waals surface area contributed by atoms with Crippen molar-refractivity contribution in [3.8, 4) is 0 Å². The summed E-state index contributed by atoms with van der Waals surface area (Å²) in [6, 6.07) is 10.1. The van der Waals surface area contributed by atoms with Crippen LogP contribution < -0.4 is 0 Å². The molecule has 2 atom stereocenters. The predicted molar refractivity (Wildman–Crippen MR) is 91.5 cm³/mol. The first-order valence-corrected chi connectivity index (χ1v) is 8.43. The van der Waals surface area contributed by atoms with Crippen LogP contribution in [0.4, 0.5) is 4.79 Å². The van der Waals surface area contributed by atoms with Gasteiger partial charge in [-0.15, -0.1) is 0 Å². The molecule has 2 saturated heterocycles. The number of ether oxygens (including phenoxy) is 2. The topological polar surface area (TPSA) is 59.1 Å². The van der Waals surface area contributed by atoms with Gasteiger partial charge in [-0.05, 0) is 31.1 Å². The van der Waals surface area contributed by atoms with Crippen LogP contribution in [0.25, 0.3) is 0 Å². The second-order valence-electron chi connectivity index (χ2n) is 6.04. The first-order valence-electron chi connectivity index (χ1n) is 8.02. The van der Waals surface area contributed by atoms with Crippen LogP contribution in [-0.4, -0.2) is 58.8 Å². The van der Waals surface area contributed by atoms with Crippen LogP contribution in [0.1, 0.15) is 18.9 Å². The maximum absolute atomic E-state index is 12.3. The van der Waals surface area contributed by atoms with Crippen molar-refractivity contribution in [2.45, 2.75) is 31.8 Å². The molecule has 128 valence electrons. The van der Waals surface area contributed by atoms with E-state index in [9.17, 15) is 9.59 Å². The highest BCUT2D eigenvalue weighted by Crippen LogP contribution is 2.22.